The van der Waals surface area contributed by atoms with Gasteiger partial charge in [-0.15, -0.1) is 0 Å². The zero-order valence-corrected chi connectivity index (χ0v) is 25.4. The summed E-state index contributed by atoms with van der Waals surface area (Å²) in [6, 6.07) is 0. The molecule has 0 saturated heterocycles. The van der Waals surface area contributed by atoms with Gasteiger partial charge in [-0.2, -0.15) is 0 Å². The van der Waals surface area contributed by atoms with Crippen molar-refractivity contribution >= 4 is 12.4 Å². The molecule has 4 heteroatoms. The molecular formula is C34H56O4. The van der Waals surface area contributed by atoms with Gasteiger partial charge in [0.2, 0.25) is 0 Å². The van der Waals surface area contributed by atoms with Crippen LogP contribution in [0.1, 0.15) is 126 Å². The number of hydrogen-bond donors (Lipinski definition) is 2. The van der Waals surface area contributed by atoms with Crippen molar-refractivity contribution in [2.24, 2.45) is 5.92 Å². The number of carboxylic acid groups (broad SMARTS) is 2. The van der Waals surface area contributed by atoms with Crippen molar-refractivity contribution in [3.05, 3.63) is 70.4 Å². The molecule has 1 aliphatic rings. The van der Waals surface area contributed by atoms with Crippen molar-refractivity contribution in [2.45, 2.75) is 126 Å². The van der Waals surface area contributed by atoms with Crippen molar-refractivity contribution in [1.29, 1.82) is 0 Å². The molecular weight excluding hydrogens is 472 g/mol. The minimum absolute atomic E-state index is 0.153. The zero-order valence-electron chi connectivity index (χ0n) is 25.4. The van der Waals surface area contributed by atoms with Gasteiger partial charge < -0.3 is 10.2 Å². The first-order valence-corrected chi connectivity index (χ1v) is 14.2. The van der Waals surface area contributed by atoms with Gasteiger partial charge >= 0.3 is 5.97 Å². The Morgan fingerprint density at radius 2 is 1.37 bits per heavy atom. The van der Waals surface area contributed by atoms with Gasteiger partial charge in [-0.1, -0.05) is 77.3 Å². The Bertz CT molecular complexity index is 829. The largest absolute Gasteiger partial charge is 0.483 e. The second-order valence-electron chi connectivity index (χ2n) is 10.7. The van der Waals surface area contributed by atoms with Crippen LogP contribution in [0.4, 0.5) is 0 Å². The fourth-order valence-corrected chi connectivity index (χ4v) is 3.92. The Hall–Kier alpha value is -2.62. The Kier molecular flexibility index (Phi) is 24.4. The van der Waals surface area contributed by atoms with Gasteiger partial charge in [0.15, 0.2) is 0 Å². The highest BCUT2D eigenvalue weighted by molar-refractivity contribution is 5.70. The van der Waals surface area contributed by atoms with Gasteiger partial charge in [0.05, 0.1) is 5.92 Å². The first-order valence-electron chi connectivity index (χ1n) is 14.2. The molecule has 0 radical (unpaired) electrons. The van der Waals surface area contributed by atoms with Crippen molar-refractivity contribution in [3.8, 4) is 0 Å². The summed E-state index contributed by atoms with van der Waals surface area (Å²) in [4.78, 5) is 19.2. The van der Waals surface area contributed by atoms with Gasteiger partial charge in [-0.3, -0.25) is 9.59 Å². The Labute approximate surface area is 234 Å². The molecule has 0 aromatic carbocycles. The average molecular weight is 529 g/mol. The number of rotatable bonds is 14. The molecule has 0 aromatic rings. The summed E-state index contributed by atoms with van der Waals surface area (Å²) in [5.41, 5.74) is 8.58. The quantitative estimate of drug-likeness (QED) is 0.174. The molecule has 0 spiro atoms. The second kappa shape index (κ2) is 24.7. The van der Waals surface area contributed by atoms with E-state index in [4.69, 9.17) is 15.0 Å². The van der Waals surface area contributed by atoms with E-state index < -0.39 is 5.97 Å². The first kappa shape index (κ1) is 37.5. The van der Waals surface area contributed by atoms with Crippen LogP contribution in [0.15, 0.2) is 70.4 Å². The van der Waals surface area contributed by atoms with Crippen molar-refractivity contribution in [1.82, 2.24) is 0 Å². The predicted octanol–water partition coefficient (Wildman–Crippen LogP) is 10.4. The molecule has 0 bridgehead atoms. The molecule has 4 nitrogen and oxygen atoms in total. The fraction of sp³-hybridized carbons (Fsp3) is 0.588. The van der Waals surface area contributed by atoms with Crippen molar-refractivity contribution in [3.63, 3.8) is 0 Å². The zero-order chi connectivity index (χ0) is 29.3. The third-order valence-electron chi connectivity index (χ3n) is 6.49. The SMILES string of the molecule is C=C(CC)CC/C=C(\C)CCC=C(C)C.CC(C)=CCC/C(C)=C/CCC1=CCC(C(=O)O)CC1.O=CO. The maximum atomic E-state index is 10.9. The summed E-state index contributed by atoms with van der Waals surface area (Å²) in [7, 11) is 0. The molecule has 0 saturated carbocycles. The van der Waals surface area contributed by atoms with Crippen LogP contribution in [0.25, 0.3) is 0 Å². The molecule has 0 aromatic heterocycles. The third-order valence-corrected chi connectivity index (χ3v) is 6.49. The fourth-order valence-electron chi connectivity index (χ4n) is 3.92. The summed E-state index contributed by atoms with van der Waals surface area (Å²) in [5.74, 6) is -0.796. The third kappa shape index (κ3) is 25.0. The highest BCUT2D eigenvalue weighted by atomic mass is 16.4. The molecule has 0 aliphatic heterocycles. The van der Waals surface area contributed by atoms with E-state index >= 15 is 0 Å². The molecule has 1 rings (SSSR count). The van der Waals surface area contributed by atoms with Gasteiger partial charge in [-0.05, 0) is 119 Å². The van der Waals surface area contributed by atoms with E-state index in [0.29, 0.717) is 6.42 Å². The Balaban J connectivity index is 0. The molecule has 1 unspecified atom stereocenters. The summed E-state index contributed by atoms with van der Waals surface area (Å²) in [6.07, 6.45) is 24.2. The molecule has 38 heavy (non-hydrogen) atoms. The van der Waals surface area contributed by atoms with Crippen LogP contribution in [0, 0.1) is 5.92 Å². The summed E-state index contributed by atoms with van der Waals surface area (Å²) < 4.78 is 0. The molecule has 0 amide bonds. The minimum atomic E-state index is -0.643. The number of aliphatic carboxylic acids is 1. The maximum absolute atomic E-state index is 10.9. The smallest absolute Gasteiger partial charge is 0.306 e. The number of carboxylic acids is 1. The van der Waals surface area contributed by atoms with E-state index in [1.807, 2.05) is 0 Å². The van der Waals surface area contributed by atoms with Crippen LogP contribution < -0.4 is 0 Å². The Morgan fingerprint density at radius 3 is 1.76 bits per heavy atom. The molecule has 216 valence electrons. The molecule has 0 fully saturated rings. The number of carbonyl (C=O) groups is 2. The van der Waals surface area contributed by atoms with Crippen molar-refractivity contribution in [2.75, 3.05) is 0 Å². The van der Waals surface area contributed by atoms with E-state index in [1.165, 1.54) is 46.3 Å². The normalized spacial score (nSPS) is 15.0. The monoisotopic (exact) mass is 528 g/mol. The van der Waals surface area contributed by atoms with Crippen LogP contribution in [0.3, 0.4) is 0 Å². The highest BCUT2D eigenvalue weighted by Crippen LogP contribution is 2.26. The van der Waals surface area contributed by atoms with E-state index in [2.05, 4.69) is 85.4 Å². The van der Waals surface area contributed by atoms with Crippen LogP contribution in [0.5, 0.6) is 0 Å². The van der Waals surface area contributed by atoms with Crippen LogP contribution >= 0.6 is 0 Å². The Morgan fingerprint density at radius 1 is 0.895 bits per heavy atom. The van der Waals surface area contributed by atoms with Gasteiger partial charge in [0, 0.05) is 0 Å². The number of hydrogen-bond acceptors (Lipinski definition) is 2. The van der Waals surface area contributed by atoms with Crippen LogP contribution in [0.2, 0.25) is 0 Å². The number of allylic oxidation sites excluding steroid dienone is 11. The highest BCUT2D eigenvalue weighted by Gasteiger charge is 2.20. The molecule has 1 aliphatic carbocycles. The lowest BCUT2D eigenvalue weighted by Gasteiger charge is -2.18. The maximum Gasteiger partial charge on any atom is 0.306 e. The summed E-state index contributed by atoms with van der Waals surface area (Å²) in [6.45, 7) is 19.0. The molecule has 1 atom stereocenters. The average Bonchev–Trinajstić information content (AvgIpc) is 2.84. The summed E-state index contributed by atoms with van der Waals surface area (Å²) in [5, 5.41) is 15.8. The topological polar surface area (TPSA) is 74.6 Å². The van der Waals surface area contributed by atoms with E-state index in [1.54, 1.807) is 0 Å². The molecule has 2 N–H and O–H groups in total. The lowest BCUT2D eigenvalue weighted by atomic mass is 9.88. The van der Waals surface area contributed by atoms with Crippen molar-refractivity contribution < 1.29 is 19.8 Å². The standard InChI is InChI=1S/C18H28O2.C15H26.CH2O2/c1-14(2)6-4-7-15(3)8-5-9-16-10-12-17(13-11-16)18(19)20;1-6-14(4)10-8-12-15(5)11-7-9-13(2)3;2-1-3/h6,8,10,17H,4-5,7,9,11-13H2,1-3H3,(H,19,20);9,12H,4,6-8,10-11H2,1-3,5H3;1H,(H,2,3)/b15-8+;15-12+;. The lowest BCUT2D eigenvalue weighted by molar-refractivity contribution is -0.142. The van der Waals surface area contributed by atoms with E-state index in [0.717, 1.165) is 57.8 Å². The van der Waals surface area contributed by atoms with Gasteiger partial charge in [0.25, 0.3) is 6.47 Å². The lowest BCUT2D eigenvalue weighted by Crippen LogP contribution is -2.15. The predicted molar refractivity (Wildman–Crippen MR) is 164 cm³/mol. The van der Waals surface area contributed by atoms with E-state index in [9.17, 15) is 4.79 Å². The summed E-state index contributed by atoms with van der Waals surface area (Å²) >= 11 is 0. The van der Waals surface area contributed by atoms with Gasteiger partial charge in [0.1, 0.15) is 0 Å². The van der Waals surface area contributed by atoms with Crippen LogP contribution in [-0.2, 0) is 9.59 Å². The van der Waals surface area contributed by atoms with Crippen LogP contribution in [-0.4, -0.2) is 22.7 Å². The first-order chi connectivity index (χ1) is 18.0. The van der Waals surface area contributed by atoms with E-state index in [-0.39, 0.29) is 12.4 Å². The minimum Gasteiger partial charge on any atom is -0.483 e. The van der Waals surface area contributed by atoms with Gasteiger partial charge in [-0.25, -0.2) is 0 Å². The second-order valence-corrected chi connectivity index (χ2v) is 10.7. The molecule has 0 heterocycles.